The SMILES string of the molecule is Cc1ccc(OCc2nc(CNC(C)c3ccc(NC(N)=O)cc3)cs2)cc1. The zero-order chi connectivity index (χ0) is 19.9. The van der Waals surface area contributed by atoms with Crippen molar-refractivity contribution in [1.82, 2.24) is 10.3 Å². The van der Waals surface area contributed by atoms with Crippen molar-refractivity contribution < 1.29 is 9.53 Å². The summed E-state index contributed by atoms with van der Waals surface area (Å²) in [5.74, 6) is 0.850. The second kappa shape index (κ2) is 9.34. The van der Waals surface area contributed by atoms with Crippen LogP contribution >= 0.6 is 11.3 Å². The number of aromatic nitrogens is 1. The lowest BCUT2D eigenvalue weighted by Crippen LogP contribution is -2.20. The monoisotopic (exact) mass is 396 g/mol. The Hall–Kier alpha value is -2.90. The molecule has 1 atom stereocenters. The molecule has 0 saturated heterocycles. The standard InChI is InChI=1S/C21H24N4O2S/c1-14-3-9-19(10-4-14)27-12-20-24-18(13-28-20)11-23-15(2)16-5-7-17(8-6-16)25-21(22)26/h3-10,13,15,23H,11-12H2,1-2H3,(H3,22,25,26). The van der Waals surface area contributed by atoms with Gasteiger partial charge in [-0.2, -0.15) is 0 Å². The minimum atomic E-state index is -0.565. The van der Waals surface area contributed by atoms with Gasteiger partial charge in [-0.25, -0.2) is 9.78 Å². The predicted octanol–water partition coefficient (Wildman–Crippen LogP) is 4.37. The van der Waals surface area contributed by atoms with Crippen LogP contribution in [0.4, 0.5) is 10.5 Å². The third-order valence-electron chi connectivity index (χ3n) is 4.25. The number of aryl methyl sites for hydroxylation is 1. The van der Waals surface area contributed by atoms with Gasteiger partial charge < -0.3 is 21.1 Å². The third-order valence-corrected chi connectivity index (χ3v) is 5.12. The van der Waals surface area contributed by atoms with Crippen LogP contribution in [0.25, 0.3) is 0 Å². The molecule has 0 fully saturated rings. The van der Waals surface area contributed by atoms with Crippen LogP contribution in [0, 0.1) is 6.92 Å². The molecule has 7 heteroatoms. The van der Waals surface area contributed by atoms with Crippen LogP contribution in [-0.2, 0) is 13.2 Å². The largest absolute Gasteiger partial charge is 0.486 e. The van der Waals surface area contributed by atoms with Gasteiger partial charge in [-0.05, 0) is 43.7 Å². The summed E-state index contributed by atoms with van der Waals surface area (Å²) in [7, 11) is 0. The number of nitrogens with two attached hydrogens (primary N) is 1. The van der Waals surface area contributed by atoms with Crippen LogP contribution < -0.4 is 21.1 Å². The number of benzene rings is 2. The minimum absolute atomic E-state index is 0.150. The minimum Gasteiger partial charge on any atom is -0.486 e. The molecular weight excluding hydrogens is 372 g/mol. The van der Waals surface area contributed by atoms with E-state index in [1.165, 1.54) is 5.56 Å². The highest BCUT2D eigenvalue weighted by molar-refractivity contribution is 7.09. The molecule has 0 aliphatic rings. The van der Waals surface area contributed by atoms with E-state index in [-0.39, 0.29) is 6.04 Å². The molecule has 0 aliphatic heterocycles. The summed E-state index contributed by atoms with van der Waals surface area (Å²) < 4.78 is 5.78. The summed E-state index contributed by atoms with van der Waals surface area (Å²) in [5, 5.41) is 9.02. The number of thiazole rings is 1. The zero-order valence-corrected chi connectivity index (χ0v) is 16.8. The van der Waals surface area contributed by atoms with Crippen molar-refractivity contribution >= 4 is 23.1 Å². The highest BCUT2D eigenvalue weighted by Gasteiger charge is 2.08. The Balaban J connectivity index is 1.48. The molecule has 0 aliphatic carbocycles. The van der Waals surface area contributed by atoms with Crippen molar-refractivity contribution in [1.29, 1.82) is 0 Å². The maximum atomic E-state index is 10.9. The fourth-order valence-corrected chi connectivity index (χ4v) is 3.35. The summed E-state index contributed by atoms with van der Waals surface area (Å²) in [6.07, 6.45) is 0. The molecule has 4 N–H and O–H groups in total. The van der Waals surface area contributed by atoms with E-state index in [1.54, 1.807) is 11.3 Å². The fourth-order valence-electron chi connectivity index (χ4n) is 2.65. The summed E-state index contributed by atoms with van der Waals surface area (Å²) in [4.78, 5) is 15.5. The van der Waals surface area contributed by atoms with Crippen molar-refractivity contribution in [2.75, 3.05) is 5.32 Å². The van der Waals surface area contributed by atoms with Gasteiger partial charge in [0.05, 0.1) is 5.69 Å². The highest BCUT2D eigenvalue weighted by Crippen LogP contribution is 2.18. The maximum Gasteiger partial charge on any atom is 0.316 e. The number of amides is 2. The lowest BCUT2D eigenvalue weighted by Gasteiger charge is -2.14. The number of nitrogens with one attached hydrogen (secondary N) is 2. The topological polar surface area (TPSA) is 89.3 Å². The molecule has 3 rings (SSSR count). The Kier molecular flexibility index (Phi) is 6.62. The van der Waals surface area contributed by atoms with Crippen molar-refractivity contribution in [2.45, 2.75) is 33.0 Å². The zero-order valence-electron chi connectivity index (χ0n) is 15.9. The first-order valence-electron chi connectivity index (χ1n) is 9.02. The summed E-state index contributed by atoms with van der Waals surface area (Å²) in [6, 6.07) is 15.2. The number of urea groups is 1. The van der Waals surface area contributed by atoms with Gasteiger partial charge in [-0.3, -0.25) is 0 Å². The molecule has 28 heavy (non-hydrogen) atoms. The molecule has 3 aromatic rings. The Morgan fingerprint density at radius 1 is 1.18 bits per heavy atom. The molecule has 0 spiro atoms. The average molecular weight is 397 g/mol. The molecule has 146 valence electrons. The number of carbonyl (C=O) groups is 1. The number of carbonyl (C=O) groups excluding carboxylic acids is 1. The molecule has 1 aromatic heterocycles. The van der Waals surface area contributed by atoms with E-state index < -0.39 is 6.03 Å². The smallest absolute Gasteiger partial charge is 0.316 e. The summed E-state index contributed by atoms with van der Waals surface area (Å²) in [6.45, 7) is 5.28. The second-order valence-electron chi connectivity index (χ2n) is 6.55. The molecule has 2 amide bonds. The number of ether oxygens (including phenoxy) is 1. The molecule has 6 nitrogen and oxygen atoms in total. The second-order valence-corrected chi connectivity index (χ2v) is 7.49. The van der Waals surface area contributed by atoms with Gasteiger partial charge >= 0.3 is 6.03 Å². The van der Waals surface area contributed by atoms with Crippen molar-refractivity contribution in [2.24, 2.45) is 5.73 Å². The van der Waals surface area contributed by atoms with Crippen LogP contribution in [0.2, 0.25) is 0 Å². The first-order valence-corrected chi connectivity index (χ1v) is 9.90. The Morgan fingerprint density at radius 2 is 1.89 bits per heavy atom. The lowest BCUT2D eigenvalue weighted by atomic mass is 10.1. The Labute approximate surface area is 168 Å². The van der Waals surface area contributed by atoms with Crippen LogP contribution in [0.15, 0.2) is 53.9 Å². The van der Waals surface area contributed by atoms with Crippen LogP contribution in [0.3, 0.4) is 0 Å². The molecule has 0 saturated carbocycles. The van der Waals surface area contributed by atoms with E-state index in [4.69, 9.17) is 10.5 Å². The van der Waals surface area contributed by atoms with Gasteiger partial charge in [0, 0.05) is 23.7 Å². The van der Waals surface area contributed by atoms with E-state index in [2.05, 4.69) is 29.5 Å². The van der Waals surface area contributed by atoms with Crippen LogP contribution in [0.1, 0.15) is 34.8 Å². The van der Waals surface area contributed by atoms with E-state index in [9.17, 15) is 4.79 Å². The van der Waals surface area contributed by atoms with Gasteiger partial charge in [0.2, 0.25) is 0 Å². The van der Waals surface area contributed by atoms with Gasteiger partial charge in [0.25, 0.3) is 0 Å². The van der Waals surface area contributed by atoms with E-state index >= 15 is 0 Å². The van der Waals surface area contributed by atoms with Crippen LogP contribution in [0.5, 0.6) is 5.75 Å². The van der Waals surface area contributed by atoms with Gasteiger partial charge in [-0.1, -0.05) is 29.8 Å². The lowest BCUT2D eigenvalue weighted by molar-refractivity contribution is 0.259. The summed E-state index contributed by atoms with van der Waals surface area (Å²) >= 11 is 1.60. The Bertz CT molecular complexity index is 907. The number of anilines is 1. The highest BCUT2D eigenvalue weighted by atomic mass is 32.1. The van der Waals surface area contributed by atoms with Crippen LogP contribution in [-0.4, -0.2) is 11.0 Å². The third kappa shape index (κ3) is 5.80. The molecule has 0 radical (unpaired) electrons. The number of hydrogen-bond acceptors (Lipinski definition) is 5. The molecular formula is C21H24N4O2S. The van der Waals surface area contributed by atoms with Gasteiger partial charge in [0.15, 0.2) is 0 Å². The number of primary amides is 1. The van der Waals surface area contributed by atoms with Gasteiger partial charge in [0.1, 0.15) is 17.4 Å². The van der Waals surface area contributed by atoms with E-state index in [0.29, 0.717) is 18.8 Å². The number of rotatable bonds is 8. The first kappa shape index (κ1) is 19.9. The first-order chi connectivity index (χ1) is 13.5. The number of nitrogens with zero attached hydrogens (tertiary/aromatic N) is 1. The molecule has 2 aromatic carbocycles. The number of hydrogen-bond donors (Lipinski definition) is 3. The van der Waals surface area contributed by atoms with Crippen molar-refractivity contribution in [3.8, 4) is 5.75 Å². The molecule has 1 unspecified atom stereocenters. The van der Waals surface area contributed by atoms with Crippen molar-refractivity contribution in [3.63, 3.8) is 0 Å². The quantitative estimate of drug-likeness (QED) is 0.527. The van der Waals surface area contributed by atoms with E-state index in [1.807, 2.05) is 53.9 Å². The molecule has 0 bridgehead atoms. The fraction of sp³-hybridized carbons (Fsp3) is 0.238. The van der Waals surface area contributed by atoms with Gasteiger partial charge in [-0.15, -0.1) is 11.3 Å². The maximum absolute atomic E-state index is 10.9. The average Bonchev–Trinajstić information content (AvgIpc) is 3.14. The molecule has 1 heterocycles. The normalized spacial score (nSPS) is 11.8. The predicted molar refractivity (Wildman–Crippen MR) is 113 cm³/mol. The van der Waals surface area contributed by atoms with E-state index in [0.717, 1.165) is 22.0 Å². The summed E-state index contributed by atoms with van der Waals surface area (Å²) in [5.41, 5.74) is 9.12. The van der Waals surface area contributed by atoms with Crippen molar-refractivity contribution in [3.05, 3.63) is 75.7 Å². The Morgan fingerprint density at radius 3 is 2.57 bits per heavy atom.